The number of hydrogen-bond acceptors (Lipinski definition) is 3. The highest BCUT2D eigenvalue weighted by atomic mass is 16.4. The molecule has 1 fully saturated rings. The minimum atomic E-state index is -0.786. The van der Waals surface area contributed by atoms with Gasteiger partial charge in [0.15, 0.2) is 0 Å². The van der Waals surface area contributed by atoms with Crippen LogP contribution in [0.1, 0.15) is 30.4 Å². The van der Waals surface area contributed by atoms with Crippen LogP contribution in [0, 0.1) is 11.8 Å². The molecule has 0 saturated heterocycles. The summed E-state index contributed by atoms with van der Waals surface area (Å²) in [5.74, 6) is -1.27. The third-order valence-electron chi connectivity index (χ3n) is 4.87. The first-order valence-electron chi connectivity index (χ1n) is 8.54. The van der Waals surface area contributed by atoms with Gasteiger partial charge in [-0.1, -0.05) is 24.3 Å². The van der Waals surface area contributed by atoms with Gasteiger partial charge in [-0.15, -0.1) is 0 Å². The zero-order valence-corrected chi connectivity index (χ0v) is 14.3. The van der Waals surface area contributed by atoms with E-state index in [2.05, 4.69) is 17.1 Å². The number of carboxylic acid groups (broad SMARTS) is 1. The van der Waals surface area contributed by atoms with Crippen LogP contribution in [0.4, 0.5) is 0 Å². The summed E-state index contributed by atoms with van der Waals surface area (Å²) in [5.41, 5.74) is 2.24. The largest absolute Gasteiger partial charge is 0.481 e. The molecule has 1 amide bonds. The molecular weight excluding hydrogens is 318 g/mol. The maximum absolute atomic E-state index is 12.5. The molecule has 1 aliphatic rings. The van der Waals surface area contributed by atoms with Gasteiger partial charge in [0.1, 0.15) is 0 Å². The van der Waals surface area contributed by atoms with Crippen molar-refractivity contribution in [1.29, 1.82) is 0 Å². The summed E-state index contributed by atoms with van der Waals surface area (Å²) in [7, 11) is 1.79. The van der Waals surface area contributed by atoms with Crippen LogP contribution in [0.3, 0.4) is 0 Å². The highest BCUT2D eigenvalue weighted by molar-refractivity contribution is 5.80. The predicted molar refractivity (Wildman–Crippen MR) is 92.7 cm³/mol. The van der Waals surface area contributed by atoms with E-state index >= 15 is 0 Å². The Morgan fingerprint density at radius 1 is 1.20 bits per heavy atom. The number of carbonyl (C=O) groups is 2. The summed E-state index contributed by atoms with van der Waals surface area (Å²) in [6.07, 6.45) is 7.19. The van der Waals surface area contributed by atoms with Crippen molar-refractivity contribution in [2.75, 3.05) is 7.05 Å². The molecule has 6 heteroatoms. The number of benzene rings is 1. The Balaban J connectivity index is 1.54. The van der Waals surface area contributed by atoms with Crippen LogP contribution in [-0.2, 0) is 22.7 Å². The quantitative estimate of drug-likeness (QED) is 0.875. The van der Waals surface area contributed by atoms with Crippen molar-refractivity contribution in [2.45, 2.75) is 32.4 Å². The third kappa shape index (κ3) is 4.26. The van der Waals surface area contributed by atoms with E-state index < -0.39 is 5.97 Å². The molecule has 1 heterocycles. The summed E-state index contributed by atoms with van der Waals surface area (Å²) >= 11 is 0. The molecule has 132 valence electrons. The van der Waals surface area contributed by atoms with Gasteiger partial charge in [-0.3, -0.25) is 9.59 Å². The molecule has 6 nitrogen and oxygen atoms in total. The summed E-state index contributed by atoms with van der Waals surface area (Å²) in [4.78, 5) is 29.3. The minimum absolute atomic E-state index is 0.0474. The van der Waals surface area contributed by atoms with Crippen molar-refractivity contribution in [3.05, 3.63) is 54.1 Å². The lowest BCUT2D eigenvalue weighted by molar-refractivity contribution is -0.141. The molecule has 2 atom stereocenters. The minimum Gasteiger partial charge on any atom is -0.481 e. The van der Waals surface area contributed by atoms with E-state index in [9.17, 15) is 9.59 Å². The van der Waals surface area contributed by atoms with Gasteiger partial charge in [-0.25, -0.2) is 4.98 Å². The number of carbonyl (C=O) groups excluding carboxylic acids is 1. The molecule has 3 rings (SSSR count). The van der Waals surface area contributed by atoms with Crippen molar-refractivity contribution in [2.24, 2.45) is 11.8 Å². The van der Waals surface area contributed by atoms with E-state index in [-0.39, 0.29) is 17.7 Å². The second-order valence-corrected chi connectivity index (χ2v) is 6.79. The van der Waals surface area contributed by atoms with Crippen LogP contribution < -0.4 is 0 Å². The first-order chi connectivity index (χ1) is 12.0. The molecule has 0 aliphatic heterocycles. The van der Waals surface area contributed by atoms with Crippen LogP contribution in [0.2, 0.25) is 0 Å². The fourth-order valence-corrected chi connectivity index (χ4v) is 3.43. The second kappa shape index (κ2) is 7.51. The maximum atomic E-state index is 12.5. The zero-order valence-electron chi connectivity index (χ0n) is 14.3. The lowest BCUT2D eigenvalue weighted by Crippen LogP contribution is -2.31. The number of rotatable bonds is 6. The van der Waals surface area contributed by atoms with E-state index in [0.29, 0.717) is 25.8 Å². The second-order valence-electron chi connectivity index (χ2n) is 6.79. The fourth-order valence-electron chi connectivity index (χ4n) is 3.43. The number of aromatic nitrogens is 2. The van der Waals surface area contributed by atoms with Crippen molar-refractivity contribution in [3.63, 3.8) is 0 Å². The predicted octanol–water partition coefficient (Wildman–Crippen LogP) is 2.39. The van der Waals surface area contributed by atoms with E-state index in [4.69, 9.17) is 5.11 Å². The number of imidazole rings is 1. The number of hydrogen-bond donors (Lipinski definition) is 1. The molecule has 0 radical (unpaired) electrons. The van der Waals surface area contributed by atoms with Crippen molar-refractivity contribution in [1.82, 2.24) is 14.5 Å². The van der Waals surface area contributed by atoms with Crippen LogP contribution in [0.15, 0.2) is 43.0 Å². The lowest BCUT2D eigenvalue weighted by atomic mass is 10.0. The Morgan fingerprint density at radius 2 is 1.88 bits per heavy atom. The summed E-state index contributed by atoms with van der Waals surface area (Å²) in [5, 5.41) is 9.07. The van der Waals surface area contributed by atoms with Crippen LogP contribution in [0.5, 0.6) is 0 Å². The normalized spacial score (nSPS) is 19.7. The Morgan fingerprint density at radius 3 is 2.48 bits per heavy atom. The Hall–Kier alpha value is -2.63. The van der Waals surface area contributed by atoms with E-state index in [0.717, 1.165) is 12.1 Å². The maximum Gasteiger partial charge on any atom is 0.306 e. The van der Waals surface area contributed by atoms with Gasteiger partial charge in [-0.2, -0.15) is 0 Å². The first kappa shape index (κ1) is 17.2. The summed E-state index contributed by atoms with van der Waals surface area (Å²) < 4.78 is 2.00. The number of nitrogens with zero attached hydrogens (tertiary/aromatic N) is 3. The van der Waals surface area contributed by atoms with Gasteiger partial charge in [0, 0.05) is 38.4 Å². The van der Waals surface area contributed by atoms with E-state index in [1.807, 2.05) is 22.9 Å². The van der Waals surface area contributed by atoms with Gasteiger partial charge in [0.05, 0.1) is 12.2 Å². The van der Waals surface area contributed by atoms with E-state index in [1.165, 1.54) is 5.56 Å². The molecule has 0 unspecified atom stereocenters. The SMILES string of the molecule is CN(Cc1ccc(Cn2ccnc2)cc1)C(=O)[C@@H]1CC[C@H](C(=O)O)C1. The van der Waals surface area contributed by atoms with Crippen molar-refractivity contribution < 1.29 is 14.7 Å². The molecule has 0 spiro atoms. The molecule has 1 saturated carbocycles. The lowest BCUT2D eigenvalue weighted by Gasteiger charge is -2.21. The van der Waals surface area contributed by atoms with Gasteiger partial charge in [-0.05, 0) is 30.4 Å². The smallest absolute Gasteiger partial charge is 0.306 e. The van der Waals surface area contributed by atoms with E-state index in [1.54, 1.807) is 24.5 Å². The number of carboxylic acids is 1. The van der Waals surface area contributed by atoms with Gasteiger partial charge >= 0.3 is 5.97 Å². The molecular formula is C19H23N3O3. The zero-order chi connectivity index (χ0) is 17.8. The van der Waals surface area contributed by atoms with Crippen LogP contribution in [-0.4, -0.2) is 38.5 Å². The average Bonchev–Trinajstić information content (AvgIpc) is 3.27. The van der Waals surface area contributed by atoms with Crippen LogP contribution in [0.25, 0.3) is 0 Å². The van der Waals surface area contributed by atoms with Gasteiger partial charge in [0.2, 0.25) is 5.91 Å². The molecule has 1 aromatic heterocycles. The molecule has 0 bridgehead atoms. The van der Waals surface area contributed by atoms with Crippen molar-refractivity contribution >= 4 is 11.9 Å². The van der Waals surface area contributed by atoms with Gasteiger partial charge in [0.25, 0.3) is 0 Å². The number of amides is 1. The first-order valence-corrected chi connectivity index (χ1v) is 8.54. The van der Waals surface area contributed by atoms with Crippen molar-refractivity contribution in [3.8, 4) is 0 Å². The topological polar surface area (TPSA) is 75.4 Å². The standard InChI is InChI=1S/C19H23N3O3/c1-21(18(23)16-6-7-17(10-16)19(24)25)11-14-2-4-15(5-3-14)12-22-9-8-20-13-22/h2-5,8-9,13,16-17H,6-7,10-12H2,1H3,(H,24,25)/t16-,17+/m1/s1. The average molecular weight is 341 g/mol. The van der Waals surface area contributed by atoms with Gasteiger partial charge < -0.3 is 14.6 Å². The Kier molecular flexibility index (Phi) is 5.16. The molecule has 1 aromatic carbocycles. The third-order valence-corrected chi connectivity index (χ3v) is 4.87. The molecule has 1 N–H and O–H groups in total. The number of aliphatic carboxylic acids is 1. The summed E-state index contributed by atoms with van der Waals surface area (Å²) in [6.45, 7) is 1.31. The van der Waals surface area contributed by atoms with Crippen LogP contribution >= 0.6 is 0 Å². The monoisotopic (exact) mass is 341 g/mol. The molecule has 1 aliphatic carbocycles. The fraction of sp³-hybridized carbons (Fsp3) is 0.421. The Labute approximate surface area is 147 Å². The highest BCUT2D eigenvalue weighted by Gasteiger charge is 2.35. The Bertz CT molecular complexity index is 725. The molecule has 2 aromatic rings. The highest BCUT2D eigenvalue weighted by Crippen LogP contribution is 2.32. The molecule has 25 heavy (non-hydrogen) atoms. The summed E-state index contributed by atoms with van der Waals surface area (Å²) in [6, 6.07) is 8.18.